The third-order valence-electron chi connectivity index (χ3n) is 12.9. The first kappa shape index (κ1) is 66.8. The van der Waals surface area contributed by atoms with Gasteiger partial charge >= 0.3 is 11.9 Å². The normalized spacial score (nSPS) is 12.9. The highest BCUT2D eigenvalue weighted by molar-refractivity contribution is 5.70. The number of hydrogen-bond acceptors (Lipinski definition) is 5. The highest BCUT2D eigenvalue weighted by Gasteiger charge is 2.16. The Morgan fingerprint density at radius 2 is 0.614 bits per heavy atom. The first-order valence-corrected chi connectivity index (χ1v) is 29.8. The van der Waals surface area contributed by atoms with Gasteiger partial charge in [-0.25, -0.2) is 0 Å². The average molecular weight is 974 g/mol. The summed E-state index contributed by atoms with van der Waals surface area (Å²) in [5.41, 5.74) is 0. The van der Waals surface area contributed by atoms with E-state index in [4.69, 9.17) is 9.47 Å². The van der Waals surface area contributed by atoms with E-state index in [0.717, 1.165) is 83.5 Å². The van der Waals surface area contributed by atoms with Crippen molar-refractivity contribution in [3.8, 4) is 0 Å². The molecular formula is C65H112O5. The molecule has 0 heterocycles. The zero-order valence-electron chi connectivity index (χ0n) is 46.0. The van der Waals surface area contributed by atoms with E-state index >= 15 is 0 Å². The molecule has 1 unspecified atom stereocenters. The lowest BCUT2D eigenvalue weighted by Gasteiger charge is -2.15. The summed E-state index contributed by atoms with van der Waals surface area (Å²) in [6.45, 7) is 4.04. The van der Waals surface area contributed by atoms with Gasteiger partial charge in [-0.3, -0.25) is 9.59 Å². The fraction of sp³-hybridized carbons (Fsp3) is 0.723. The fourth-order valence-electron chi connectivity index (χ4n) is 8.41. The Morgan fingerprint density at radius 3 is 0.943 bits per heavy atom. The molecule has 0 saturated carbocycles. The van der Waals surface area contributed by atoms with Gasteiger partial charge in [-0.1, -0.05) is 272 Å². The van der Waals surface area contributed by atoms with Crippen LogP contribution in [-0.2, 0) is 19.1 Å². The molecule has 5 nitrogen and oxygen atoms in total. The maximum Gasteiger partial charge on any atom is 0.306 e. The van der Waals surface area contributed by atoms with Crippen LogP contribution in [0.25, 0.3) is 0 Å². The zero-order valence-corrected chi connectivity index (χ0v) is 46.0. The Kier molecular flexibility index (Phi) is 57.4. The minimum absolute atomic E-state index is 0.0689. The van der Waals surface area contributed by atoms with Gasteiger partial charge in [0.05, 0.1) is 6.61 Å². The van der Waals surface area contributed by atoms with Crippen molar-refractivity contribution in [2.45, 2.75) is 290 Å². The Hall–Kier alpha value is -3.18. The van der Waals surface area contributed by atoms with Gasteiger partial charge in [-0.2, -0.15) is 0 Å². The number of allylic oxidation sites excluding steroid dienone is 16. The van der Waals surface area contributed by atoms with Gasteiger partial charge in [0, 0.05) is 12.8 Å². The van der Waals surface area contributed by atoms with Crippen LogP contribution in [0.2, 0.25) is 0 Å². The third kappa shape index (κ3) is 57.4. The molecule has 0 saturated heterocycles. The molecule has 0 bridgehead atoms. The molecule has 0 amide bonds. The number of aliphatic hydroxyl groups excluding tert-OH is 1. The van der Waals surface area contributed by atoms with Gasteiger partial charge in [0.25, 0.3) is 0 Å². The van der Waals surface area contributed by atoms with Gasteiger partial charge in [-0.05, 0) is 96.3 Å². The monoisotopic (exact) mass is 973 g/mol. The number of carbonyl (C=O) groups is 2. The third-order valence-corrected chi connectivity index (χ3v) is 12.9. The van der Waals surface area contributed by atoms with Crippen LogP contribution in [-0.4, -0.2) is 36.4 Å². The number of ether oxygens (including phenoxy) is 2. The maximum atomic E-state index is 12.3. The molecule has 0 aliphatic carbocycles. The molecule has 0 spiro atoms. The molecule has 0 aromatic rings. The van der Waals surface area contributed by atoms with Crippen LogP contribution >= 0.6 is 0 Å². The minimum atomic E-state index is -0.778. The smallest absolute Gasteiger partial charge is 0.306 e. The van der Waals surface area contributed by atoms with Crippen molar-refractivity contribution in [2.75, 3.05) is 13.2 Å². The Labute approximate surface area is 434 Å². The quantitative estimate of drug-likeness (QED) is 0.0373. The number of rotatable bonds is 54. The summed E-state index contributed by atoms with van der Waals surface area (Å²) >= 11 is 0. The van der Waals surface area contributed by atoms with Crippen LogP contribution in [0.4, 0.5) is 0 Å². The standard InChI is InChI=1S/C65H112O5/c1-3-5-7-9-11-13-15-17-19-21-23-25-26-27-28-29-30-31-32-33-34-35-36-37-38-40-42-44-46-48-50-52-54-56-58-60-65(68)70-63(61-66)62-69-64(67)59-57-55-53-51-49-47-45-43-41-39-24-22-20-18-16-14-12-10-8-6-4-2/h5,7,11,13,17,19,22-25,27-28,30-31,33-34,63,66H,3-4,6,8-10,12,14-16,18,20-21,26,29,32,35-62H2,1-2H3/b7-5-,13-11-,19-17-,24-22-,25-23-,28-27-,31-30-,34-33-. The van der Waals surface area contributed by atoms with E-state index in [2.05, 4.69) is 111 Å². The second-order valence-corrected chi connectivity index (χ2v) is 19.7. The Balaban J connectivity index is 3.51. The zero-order chi connectivity index (χ0) is 50.6. The molecular weight excluding hydrogens is 861 g/mol. The highest BCUT2D eigenvalue weighted by atomic mass is 16.6. The summed E-state index contributed by atoms with van der Waals surface area (Å²) in [6.07, 6.45) is 85.3. The second kappa shape index (κ2) is 60.1. The summed E-state index contributed by atoms with van der Waals surface area (Å²) in [6, 6.07) is 0. The van der Waals surface area contributed by atoms with Crippen molar-refractivity contribution in [3.05, 3.63) is 97.2 Å². The first-order chi connectivity index (χ1) is 34.6. The summed E-state index contributed by atoms with van der Waals surface area (Å²) in [5, 5.41) is 9.66. The molecule has 1 atom stereocenters. The van der Waals surface area contributed by atoms with Crippen LogP contribution in [0.15, 0.2) is 97.2 Å². The number of carbonyl (C=O) groups excluding carboxylic acids is 2. The molecule has 0 aliphatic heterocycles. The predicted molar refractivity (Wildman–Crippen MR) is 306 cm³/mol. The van der Waals surface area contributed by atoms with Crippen LogP contribution in [0.5, 0.6) is 0 Å². The van der Waals surface area contributed by atoms with Crippen molar-refractivity contribution in [3.63, 3.8) is 0 Å². The number of hydrogen-bond donors (Lipinski definition) is 1. The van der Waals surface area contributed by atoms with Gasteiger partial charge < -0.3 is 14.6 Å². The Morgan fingerprint density at radius 1 is 0.343 bits per heavy atom. The number of esters is 2. The molecule has 402 valence electrons. The number of unbranched alkanes of at least 4 members (excludes halogenated alkanes) is 30. The minimum Gasteiger partial charge on any atom is -0.462 e. The van der Waals surface area contributed by atoms with Gasteiger partial charge in [0.15, 0.2) is 6.10 Å². The van der Waals surface area contributed by atoms with E-state index in [-0.39, 0.29) is 25.2 Å². The molecule has 1 N–H and O–H groups in total. The van der Waals surface area contributed by atoms with Crippen molar-refractivity contribution in [1.82, 2.24) is 0 Å². The molecule has 0 rings (SSSR count). The van der Waals surface area contributed by atoms with Gasteiger partial charge in [0.2, 0.25) is 0 Å². The highest BCUT2D eigenvalue weighted by Crippen LogP contribution is 2.16. The SMILES string of the molecule is CC/C=C\C/C=C\C/C=C\C/C=C\C/C=C\C/C=C\C/C=C\CCCCCCCCCCCCCCCC(=O)OC(CO)COC(=O)CCCCCCCCCCC/C=C\CCCCCCCCCC. The largest absolute Gasteiger partial charge is 0.462 e. The molecule has 0 aromatic heterocycles. The van der Waals surface area contributed by atoms with E-state index in [9.17, 15) is 14.7 Å². The van der Waals surface area contributed by atoms with Crippen LogP contribution in [0, 0.1) is 0 Å². The van der Waals surface area contributed by atoms with Crippen molar-refractivity contribution >= 4 is 11.9 Å². The molecule has 0 aromatic carbocycles. The van der Waals surface area contributed by atoms with Crippen molar-refractivity contribution in [1.29, 1.82) is 0 Å². The first-order valence-electron chi connectivity index (χ1n) is 29.8. The topological polar surface area (TPSA) is 72.8 Å². The molecule has 0 aliphatic rings. The lowest BCUT2D eigenvalue weighted by molar-refractivity contribution is -0.161. The van der Waals surface area contributed by atoms with Crippen LogP contribution < -0.4 is 0 Å². The van der Waals surface area contributed by atoms with Crippen molar-refractivity contribution < 1.29 is 24.2 Å². The molecule has 5 heteroatoms. The lowest BCUT2D eigenvalue weighted by Crippen LogP contribution is -2.28. The molecule has 70 heavy (non-hydrogen) atoms. The fourth-order valence-corrected chi connectivity index (χ4v) is 8.41. The van der Waals surface area contributed by atoms with Crippen LogP contribution in [0.3, 0.4) is 0 Å². The van der Waals surface area contributed by atoms with E-state index in [0.29, 0.717) is 12.8 Å². The maximum absolute atomic E-state index is 12.3. The van der Waals surface area contributed by atoms with Gasteiger partial charge in [0.1, 0.15) is 6.61 Å². The van der Waals surface area contributed by atoms with E-state index in [1.165, 1.54) is 173 Å². The second-order valence-electron chi connectivity index (χ2n) is 19.7. The summed E-state index contributed by atoms with van der Waals surface area (Å²) in [4.78, 5) is 24.5. The van der Waals surface area contributed by atoms with E-state index in [1.54, 1.807) is 0 Å². The average Bonchev–Trinajstić information content (AvgIpc) is 3.36. The number of aliphatic hydroxyl groups is 1. The lowest BCUT2D eigenvalue weighted by atomic mass is 10.0. The van der Waals surface area contributed by atoms with Crippen molar-refractivity contribution in [2.24, 2.45) is 0 Å². The summed E-state index contributed by atoms with van der Waals surface area (Å²) in [5.74, 6) is -0.589. The van der Waals surface area contributed by atoms with Gasteiger partial charge in [-0.15, -0.1) is 0 Å². The van der Waals surface area contributed by atoms with E-state index < -0.39 is 6.10 Å². The van der Waals surface area contributed by atoms with E-state index in [1.807, 2.05) is 0 Å². The summed E-state index contributed by atoms with van der Waals surface area (Å²) < 4.78 is 10.7. The Bertz CT molecular complexity index is 1330. The predicted octanol–water partition coefficient (Wildman–Crippen LogP) is 20.3. The summed E-state index contributed by atoms with van der Waals surface area (Å²) in [7, 11) is 0. The molecule has 0 fully saturated rings. The van der Waals surface area contributed by atoms with Crippen LogP contribution in [0.1, 0.15) is 284 Å². The molecule has 0 radical (unpaired) electrons.